The van der Waals surface area contributed by atoms with E-state index in [1.165, 1.54) is 17.8 Å². The van der Waals surface area contributed by atoms with Crippen LogP contribution in [0.2, 0.25) is 5.02 Å². The number of benzene rings is 1. The quantitative estimate of drug-likeness (QED) is 0.517. The molecule has 33 heavy (non-hydrogen) atoms. The van der Waals surface area contributed by atoms with Crippen LogP contribution < -0.4 is 5.32 Å². The normalized spacial score (nSPS) is 15.7. The molecule has 13 heteroatoms. The minimum atomic E-state index is -4.61. The zero-order chi connectivity index (χ0) is 23.8. The third-order valence-corrected chi connectivity index (χ3v) is 6.87. The van der Waals surface area contributed by atoms with Crippen LogP contribution in [0.1, 0.15) is 16.3 Å². The second kappa shape index (κ2) is 9.37. The number of rotatable bonds is 5. The molecule has 1 aliphatic heterocycles. The number of hydrogen-bond acceptors (Lipinski definition) is 6. The summed E-state index contributed by atoms with van der Waals surface area (Å²) in [6.07, 6.45) is -2.35. The molecule has 3 aromatic rings. The van der Waals surface area contributed by atoms with Crippen molar-refractivity contribution in [3.63, 3.8) is 0 Å². The van der Waals surface area contributed by atoms with Crippen LogP contribution in [0.4, 0.5) is 18.9 Å². The average Bonchev–Trinajstić information content (AvgIpc) is 3.38. The maximum atomic E-state index is 13.2. The third kappa shape index (κ3) is 5.18. The number of alkyl halides is 3. The number of carbonyl (C=O) groups is 1. The Labute approximate surface area is 197 Å². The molecule has 1 amide bonds. The first-order valence-corrected chi connectivity index (χ1v) is 11.1. The highest BCUT2D eigenvalue weighted by Crippen LogP contribution is 2.36. The van der Waals surface area contributed by atoms with Gasteiger partial charge in [0.05, 0.1) is 28.7 Å². The molecule has 1 aromatic carbocycles. The van der Waals surface area contributed by atoms with Crippen molar-refractivity contribution in [1.29, 1.82) is 0 Å². The molecule has 0 radical (unpaired) electrons. The van der Waals surface area contributed by atoms with Gasteiger partial charge in [0.15, 0.2) is 5.82 Å². The van der Waals surface area contributed by atoms with Crippen LogP contribution in [0, 0.1) is 0 Å². The molecular weight excluding hydrogens is 479 g/mol. The first-order chi connectivity index (χ1) is 15.6. The Bertz CT molecular complexity index is 1150. The number of halogens is 4. The van der Waals surface area contributed by atoms with E-state index in [4.69, 9.17) is 11.6 Å². The van der Waals surface area contributed by atoms with Gasteiger partial charge in [-0.05, 0) is 37.2 Å². The summed E-state index contributed by atoms with van der Waals surface area (Å²) in [6, 6.07) is 5.19. The standard InChI is InChI=1S/C20H21ClF3N7OS/c1-29-5-7-31(8-6-29)33-16-4-3-12(9-14(16)21)27-19(32)18-25-11-15(30(18)2)13-10-26-28-17(13)20(22,23)24/h3-4,9-11H,5-8H2,1-2H3,(H,26,28)(H,27,32). The number of likely N-dealkylation sites (N-methyl/N-ethyl adjacent to an activating group) is 1. The highest BCUT2D eigenvalue weighted by molar-refractivity contribution is 7.97. The number of carbonyl (C=O) groups excluding carboxylic acids is 1. The second-order valence-electron chi connectivity index (χ2n) is 7.61. The van der Waals surface area contributed by atoms with Gasteiger partial charge in [0.25, 0.3) is 5.91 Å². The topological polar surface area (TPSA) is 82.1 Å². The smallest absolute Gasteiger partial charge is 0.323 e. The number of piperazine rings is 1. The Kier molecular flexibility index (Phi) is 6.71. The van der Waals surface area contributed by atoms with E-state index >= 15 is 0 Å². The number of H-pyrrole nitrogens is 1. The van der Waals surface area contributed by atoms with Crippen molar-refractivity contribution < 1.29 is 18.0 Å². The molecule has 1 fully saturated rings. The molecule has 0 aliphatic carbocycles. The van der Waals surface area contributed by atoms with Gasteiger partial charge in [-0.2, -0.15) is 18.3 Å². The first-order valence-electron chi connectivity index (χ1n) is 9.98. The monoisotopic (exact) mass is 499 g/mol. The van der Waals surface area contributed by atoms with Gasteiger partial charge in [-0.15, -0.1) is 0 Å². The number of hydrogen-bond donors (Lipinski definition) is 2. The Balaban J connectivity index is 1.47. The SMILES string of the molecule is CN1CCN(Sc2ccc(NC(=O)c3ncc(-c4cn[nH]c4C(F)(F)F)n3C)cc2Cl)CC1. The number of aromatic nitrogens is 4. The highest BCUT2D eigenvalue weighted by Gasteiger charge is 2.37. The van der Waals surface area contributed by atoms with Crippen molar-refractivity contribution in [2.45, 2.75) is 11.1 Å². The summed E-state index contributed by atoms with van der Waals surface area (Å²) < 4.78 is 43.1. The summed E-state index contributed by atoms with van der Waals surface area (Å²) in [4.78, 5) is 19.9. The number of aromatic amines is 1. The fourth-order valence-corrected chi connectivity index (χ4v) is 4.61. The molecule has 0 saturated carbocycles. The van der Waals surface area contributed by atoms with E-state index in [2.05, 4.69) is 31.7 Å². The van der Waals surface area contributed by atoms with E-state index in [-0.39, 0.29) is 17.1 Å². The van der Waals surface area contributed by atoms with E-state index in [1.54, 1.807) is 24.1 Å². The summed E-state index contributed by atoms with van der Waals surface area (Å²) in [7, 11) is 3.55. The van der Waals surface area contributed by atoms with Crippen LogP contribution in [0.3, 0.4) is 0 Å². The minimum Gasteiger partial charge on any atom is -0.323 e. The first kappa shape index (κ1) is 23.6. The lowest BCUT2D eigenvalue weighted by molar-refractivity contribution is -0.140. The lowest BCUT2D eigenvalue weighted by Crippen LogP contribution is -2.40. The molecule has 4 rings (SSSR count). The summed E-state index contributed by atoms with van der Waals surface area (Å²) in [5, 5.41) is 8.62. The van der Waals surface area contributed by atoms with Gasteiger partial charge in [-0.3, -0.25) is 9.89 Å². The fraction of sp³-hybridized carbons (Fsp3) is 0.350. The van der Waals surface area contributed by atoms with Crippen molar-refractivity contribution >= 4 is 35.1 Å². The Morgan fingerprint density at radius 2 is 1.91 bits per heavy atom. The molecule has 0 atom stereocenters. The molecule has 2 aromatic heterocycles. The molecule has 0 bridgehead atoms. The number of nitrogens with zero attached hydrogens (tertiary/aromatic N) is 5. The summed E-state index contributed by atoms with van der Waals surface area (Å²) in [5.41, 5.74) is -0.627. The van der Waals surface area contributed by atoms with E-state index in [9.17, 15) is 18.0 Å². The molecule has 2 N–H and O–H groups in total. The molecular formula is C20H21ClF3N7OS. The predicted molar refractivity (Wildman–Crippen MR) is 120 cm³/mol. The van der Waals surface area contributed by atoms with Gasteiger partial charge < -0.3 is 14.8 Å². The van der Waals surface area contributed by atoms with Crippen molar-refractivity contribution in [3.8, 4) is 11.3 Å². The number of amides is 1. The zero-order valence-electron chi connectivity index (χ0n) is 17.8. The molecule has 0 unspecified atom stereocenters. The van der Waals surface area contributed by atoms with E-state index in [0.717, 1.165) is 37.3 Å². The maximum Gasteiger partial charge on any atom is 0.433 e. The Morgan fingerprint density at radius 3 is 2.58 bits per heavy atom. The highest BCUT2D eigenvalue weighted by atomic mass is 35.5. The summed E-state index contributed by atoms with van der Waals surface area (Å²) in [5.74, 6) is -0.623. The van der Waals surface area contributed by atoms with Gasteiger partial charge in [0.2, 0.25) is 0 Å². The minimum absolute atomic E-state index is 0.0497. The summed E-state index contributed by atoms with van der Waals surface area (Å²) >= 11 is 7.99. The maximum absolute atomic E-state index is 13.2. The molecule has 3 heterocycles. The third-order valence-electron chi connectivity index (χ3n) is 5.27. The van der Waals surface area contributed by atoms with Crippen LogP contribution in [0.25, 0.3) is 11.3 Å². The molecule has 0 spiro atoms. The van der Waals surface area contributed by atoms with Crippen LogP contribution in [0.15, 0.2) is 35.5 Å². The van der Waals surface area contributed by atoms with Gasteiger partial charge in [0, 0.05) is 43.8 Å². The van der Waals surface area contributed by atoms with Crippen LogP contribution in [-0.4, -0.2) is 68.1 Å². The largest absolute Gasteiger partial charge is 0.433 e. The van der Waals surface area contributed by atoms with Gasteiger partial charge in [-0.1, -0.05) is 11.6 Å². The van der Waals surface area contributed by atoms with Crippen LogP contribution in [-0.2, 0) is 13.2 Å². The van der Waals surface area contributed by atoms with Gasteiger partial charge in [0.1, 0.15) is 5.69 Å². The Hall–Kier alpha value is -2.54. The van der Waals surface area contributed by atoms with Gasteiger partial charge in [-0.25, -0.2) is 9.29 Å². The number of imidazole rings is 1. The van der Waals surface area contributed by atoms with Gasteiger partial charge >= 0.3 is 6.18 Å². The zero-order valence-corrected chi connectivity index (χ0v) is 19.4. The molecule has 1 aliphatic rings. The van der Waals surface area contributed by atoms with Crippen molar-refractivity contribution in [2.24, 2.45) is 7.05 Å². The fourth-order valence-electron chi connectivity index (χ4n) is 3.43. The van der Waals surface area contributed by atoms with Crippen molar-refractivity contribution in [2.75, 3.05) is 38.5 Å². The molecule has 8 nitrogen and oxygen atoms in total. The number of anilines is 1. The lowest BCUT2D eigenvalue weighted by atomic mass is 10.2. The molecule has 1 saturated heterocycles. The van der Waals surface area contributed by atoms with E-state index in [0.29, 0.717) is 10.7 Å². The van der Waals surface area contributed by atoms with Crippen LogP contribution >= 0.6 is 23.5 Å². The number of nitrogens with one attached hydrogen (secondary N) is 2. The van der Waals surface area contributed by atoms with Crippen molar-refractivity contribution in [1.82, 2.24) is 29.0 Å². The lowest BCUT2D eigenvalue weighted by Gasteiger charge is -2.31. The van der Waals surface area contributed by atoms with E-state index < -0.39 is 17.8 Å². The second-order valence-corrected chi connectivity index (χ2v) is 9.15. The van der Waals surface area contributed by atoms with Crippen molar-refractivity contribution in [3.05, 3.63) is 47.1 Å². The average molecular weight is 500 g/mol. The van der Waals surface area contributed by atoms with Crippen LogP contribution in [0.5, 0.6) is 0 Å². The Morgan fingerprint density at radius 1 is 1.18 bits per heavy atom. The van der Waals surface area contributed by atoms with E-state index in [1.807, 2.05) is 11.2 Å². The molecule has 176 valence electrons. The predicted octanol–water partition coefficient (Wildman–Crippen LogP) is 3.99. The summed E-state index contributed by atoms with van der Waals surface area (Å²) in [6.45, 7) is 3.80.